The molecule has 0 aromatic rings. The molecule has 0 aliphatic carbocycles. The van der Waals surface area contributed by atoms with Gasteiger partial charge in [-0.15, -0.1) is 0 Å². The smallest absolute Gasteiger partial charge is 0.0326 e. The Hall–Kier alpha value is 0. The highest BCUT2D eigenvalue weighted by atomic mass is 14.4. The molecule has 2 unspecified atom stereocenters. The molecule has 2 atom stereocenters. The van der Waals surface area contributed by atoms with Crippen LogP contribution in [0.2, 0.25) is 0 Å². The molecule has 0 saturated heterocycles. The zero-order valence-corrected chi connectivity index (χ0v) is 19.2. The molecule has 0 heteroatoms. The first-order valence-electron chi connectivity index (χ1n) is 10.7. The molecule has 24 heavy (non-hydrogen) atoms. The van der Waals surface area contributed by atoms with Crippen LogP contribution in [-0.4, -0.2) is 0 Å². The summed E-state index contributed by atoms with van der Waals surface area (Å²) < 4.78 is 0. The first kappa shape index (κ1) is 24.0. The van der Waals surface area contributed by atoms with E-state index < -0.39 is 0 Å². The minimum Gasteiger partial charge on any atom is -0.0654 e. The molecule has 0 aromatic heterocycles. The Labute approximate surface area is 155 Å². The predicted molar refractivity (Wildman–Crippen MR) is 113 cm³/mol. The van der Waals surface area contributed by atoms with Gasteiger partial charge in [-0.25, -0.2) is 0 Å². The Kier molecular flexibility index (Phi) is 9.63. The molecule has 0 N–H and O–H groups in total. The second-order valence-corrected chi connectivity index (χ2v) is 11.8. The molecule has 0 bridgehead atoms. The lowest BCUT2D eigenvalue weighted by Crippen LogP contribution is -2.31. The molecule has 146 valence electrons. The van der Waals surface area contributed by atoms with Gasteiger partial charge in [-0.1, -0.05) is 95.4 Å². The number of hydrogen-bond donors (Lipinski definition) is 0. The van der Waals surface area contributed by atoms with E-state index in [4.69, 9.17) is 0 Å². The van der Waals surface area contributed by atoms with Crippen molar-refractivity contribution in [2.24, 2.45) is 34.0 Å². The molecular formula is C24H50. The highest BCUT2D eigenvalue weighted by molar-refractivity contribution is 4.85. The fourth-order valence-corrected chi connectivity index (χ4v) is 4.79. The van der Waals surface area contributed by atoms with E-state index in [0.29, 0.717) is 16.2 Å². The summed E-state index contributed by atoms with van der Waals surface area (Å²) in [6, 6.07) is 0. The van der Waals surface area contributed by atoms with Crippen molar-refractivity contribution in [2.75, 3.05) is 0 Å². The third kappa shape index (κ3) is 10.8. The lowest BCUT2D eigenvalue weighted by atomic mass is 9.64. The van der Waals surface area contributed by atoms with E-state index in [1.54, 1.807) is 0 Å². The first-order valence-corrected chi connectivity index (χ1v) is 10.7. The summed E-state index contributed by atoms with van der Waals surface area (Å²) in [5.74, 6) is 2.51. The summed E-state index contributed by atoms with van der Waals surface area (Å²) in [4.78, 5) is 0. The predicted octanol–water partition coefficient (Wildman–Crippen LogP) is 8.74. The third-order valence-electron chi connectivity index (χ3n) is 5.77. The van der Waals surface area contributed by atoms with Gasteiger partial charge in [0.1, 0.15) is 0 Å². The largest absolute Gasteiger partial charge is 0.0654 e. The normalized spacial score (nSPS) is 16.5. The highest BCUT2D eigenvalue weighted by Gasteiger charge is 2.34. The molecular weight excluding hydrogens is 288 g/mol. The Bertz CT molecular complexity index is 326. The molecule has 0 saturated carbocycles. The lowest BCUT2D eigenvalue weighted by molar-refractivity contribution is 0.0952. The molecule has 0 aliphatic heterocycles. The van der Waals surface area contributed by atoms with E-state index in [1.807, 2.05) is 0 Å². The summed E-state index contributed by atoms with van der Waals surface area (Å²) in [6.45, 7) is 26.8. The van der Waals surface area contributed by atoms with Crippen LogP contribution in [0.15, 0.2) is 0 Å². The van der Waals surface area contributed by atoms with E-state index in [-0.39, 0.29) is 0 Å². The summed E-state index contributed by atoms with van der Waals surface area (Å²) in [5, 5.41) is 0. The van der Waals surface area contributed by atoms with E-state index in [2.05, 4.69) is 76.2 Å². The van der Waals surface area contributed by atoms with Crippen LogP contribution < -0.4 is 0 Å². The monoisotopic (exact) mass is 338 g/mol. The summed E-state index contributed by atoms with van der Waals surface area (Å²) in [7, 11) is 0. The number of hydrogen-bond acceptors (Lipinski definition) is 0. The second kappa shape index (κ2) is 9.63. The average Bonchev–Trinajstić information content (AvgIpc) is 2.32. The van der Waals surface area contributed by atoms with Crippen molar-refractivity contribution in [3.05, 3.63) is 0 Å². The van der Waals surface area contributed by atoms with Crippen molar-refractivity contribution in [1.82, 2.24) is 0 Å². The van der Waals surface area contributed by atoms with Crippen LogP contribution in [0.25, 0.3) is 0 Å². The third-order valence-corrected chi connectivity index (χ3v) is 5.77. The minimum atomic E-state index is 0.453. The van der Waals surface area contributed by atoms with Crippen molar-refractivity contribution in [3.63, 3.8) is 0 Å². The van der Waals surface area contributed by atoms with Gasteiger partial charge in [-0.05, 0) is 59.7 Å². The molecule has 0 spiro atoms. The van der Waals surface area contributed by atoms with Crippen LogP contribution in [0, 0.1) is 34.0 Å². The zero-order chi connectivity index (χ0) is 19.2. The van der Waals surface area contributed by atoms with E-state index in [1.165, 1.54) is 44.9 Å². The Morgan fingerprint density at radius 3 is 1.67 bits per heavy atom. The van der Waals surface area contributed by atoms with Crippen LogP contribution in [0.3, 0.4) is 0 Å². The van der Waals surface area contributed by atoms with E-state index in [9.17, 15) is 0 Å². The molecule has 0 radical (unpaired) electrons. The second-order valence-electron chi connectivity index (χ2n) is 11.8. The molecule has 0 heterocycles. The molecule has 0 aromatic carbocycles. The standard InChI is InChI=1S/C24H50/c1-12-13-21(24(10,11)15-14-19(2)3)18-23(8,9)17-20(4)16-22(5,6)7/h19-21H,12-18H2,1-11H3. The fourth-order valence-electron chi connectivity index (χ4n) is 4.79. The molecule has 0 rings (SSSR count). The van der Waals surface area contributed by atoms with Crippen LogP contribution >= 0.6 is 0 Å². The van der Waals surface area contributed by atoms with Gasteiger partial charge < -0.3 is 0 Å². The molecule has 0 amide bonds. The Morgan fingerprint density at radius 2 is 1.25 bits per heavy atom. The lowest BCUT2D eigenvalue weighted by Gasteiger charge is -2.41. The average molecular weight is 339 g/mol. The number of rotatable bonds is 11. The van der Waals surface area contributed by atoms with Crippen molar-refractivity contribution in [1.29, 1.82) is 0 Å². The van der Waals surface area contributed by atoms with Crippen molar-refractivity contribution < 1.29 is 0 Å². The van der Waals surface area contributed by atoms with Crippen molar-refractivity contribution in [3.8, 4) is 0 Å². The topological polar surface area (TPSA) is 0 Å². The van der Waals surface area contributed by atoms with Gasteiger partial charge in [0.05, 0.1) is 0 Å². The Morgan fingerprint density at radius 1 is 0.708 bits per heavy atom. The maximum absolute atomic E-state index is 2.53. The maximum Gasteiger partial charge on any atom is -0.0326 e. The van der Waals surface area contributed by atoms with Crippen LogP contribution in [0.5, 0.6) is 0 Å². The Balaban J connectivity index is 4.88. The van der Waals surface area contributed by atoms with Gasteiger partial charge in [0.2, 0.25) is 0 Å². The van der Waals surface area contributed by atoms with Gasteiger partial charge in [0.25, 0.3) is 0 Å². The maximum atomic E-state index is 2.53. The minimum absolute atomic E-state index is 0.453. The van der Waals surface area contributed by atoms with Crippen molar-refractivity contribution in [2.45, 2.75) is 121 Å². The molecule has 0 nitrogen and oxygen atoms in total. The quantitative estimate of drug-likeness (QED) is 0.353. The van der Waals surface area contributed by atoms with Crippen LogP contribution in [0.1, 0.15) is 121 Å². The van der Waals surface area contributed by atoms with Crippen molar-refractivity contribution >= 4 is 0 Å². The SMILES string of the molecule is CCCC(CC(C)(C)CC(C)CC(C)(C)C)C(C)(C)CCC(C)C. The van der Waals surface area contributed by atoms with Gasteiger partial charge in [0.15, 0.2) is 0 Å². The van der Waals surface area contributed by atoms with Gasteiger partial charge >= 0.3 is 0 Å². The highest BCUT2D eigenvalue weighted by Crippen LogP contribution is 2.45. The summed E-state index contributed by atoms with van der Waals surface area (Å²) >= 11 is 0. The zero-order valence-electron chi connectivity index (χ0n) is 19.2. The van der Waals surface area contributed by atoms with E-state index in [0.717, 1.165) is 17.8 Å². The summed E-state index contributed by atoms with van der Waals surface area (Å²) in [6.07, 6.45) is 9.55. The molecule has 0 fully saturated rings. The van der Waals surface area contributed by atoms with Gasteiger partial charge in [-0.3, -0.25) is 0 Å². The van der Waals surface area contributed by atoms with Crippen LogP contribution in [-0.2, 0) is 0 Å². The van der Waals surface area contributed by atoms with Gasteiger partial charge in [-0.2, -0.15) is 0 Å². The summed E-state index contributed by atoms with van der Waals surface area (Å²) in [5.41, 5.74) is 1.39. The van der Waals surface area contributed by atoms with Crippen LogP contribution in [0.4, 0.5) is 0 Å². The molecule has 0 aliphatic rings. The fraction of sp³-hybridized carbons (Fsp3) is 1.00. The first-order chi connectivity index (χ1) is 10.7. The van der Waals surface area contributed by atoms with Gasteiger partial charge in [0, 0.05) is 0 Å². The van der Waals surface area contributed by atoms with E-state index >= 15 is 0 Å².